The third kappa shape index (κ3) is 3.40. The van der Waals surface area contributed by atoms with Crippen molar-refractivity contribution in [2.45, 2.75) is 16.1 Å². The van der Waals surface area contributed by atoms with E-state index in [1.807, 2.05) is 0 Å². The highest BCUT2D eigenvalue weighted by atomic mass is 79.9. The molecule has 0 saturated carbocycles. The summed E-state index contributed by atoms with van der Waals surface area (Å²) >= 11 is 4.79. The molecule has 0 fully saturated rings. The van der Waals surface area contributed by atoms with Crippen LogP contribution in [0, 0.1) is 0 Å². The molecule has 0 bridgehead atoms. The zero-order valence-corrected chi connectivity index (χ0v) is 7.09. The largest absolute Gasteiger partial charge is 0.421 e. The molecule has 0 spiro atoms. The molecule has 0 N–H and O–H groups in total. The van der Waals surface area contributed by atoms with Crippen LogP contribution in [0.4, 0.5) is 17.6 Å². The Bertz CT molecular complexity index is 88.3. The van der Waals surface area contributed by atoms with Gasteiger partial charge in [-0.1, -0.05) is 31.9 Å². The van der Waals surface area contributed by atoms with Gasteiger partial charge in [-0.3, -0.25) is 0 Å². The van der Waals surface area contributed by atoms with Crippen LogP contribution >= 0.6 is 31.9 Å². The molecule has 6 heteroatoms. The molecule has 0 aliphatic rings. The monoisotopic (exact) mass is 272 g/mol. The highest BCUT2D eigenvalue weighted by Crippen LogP contribution is 2.31. The van der Waals surface area contributed by atoms with Gasteiger partial charge in [0.15, 0.2) is 0 Å². The highest BCUT2D eigenvalue weighted by molar-refractivity contribution is 9.24. The van der Waals surface area contributed by atoms with Gasteiger partial charge in [0.2, 0.25) is 6.17 Å². The van der Waals surface area contributed by atoms with Crippen LogP contribution in [-0.4, -0.2) is 16.1 Å². The Hall–Kier alpha value is 0.680. The maximum atomic E-state index is 11.8. The van der Waals surface area contributed by atoms with E-state index in [1.54, 1.807) is 0 Å². The van der Waals surface area contributed by atoms with Crippen molar-refractivity contribution in [3.05, 3.63) is 0 Å². The van der Waals surface area contributed by atoms with Crippen LogP contribution < -0.4 is 0 Å². The fourth-order valence-corrected chi connectivity index (χ4v) is 0.742. The van der Waals surface area contributed by atoms with Crippen molar-refractivity contribution in [1.29, 1.82) is 0 Å². The summed E-state index contributed by atoms with van der Waals surface area (Å²) in [6, 6.07) is 0. The van der Waals surface area contributed by atoms with Gasteiger partial charge in [0.25, 0.3) is 0 Å². The first kappa shape index (κ1) is 9.68. The second kappa shape index (κ2) is 3.18. The van der Waals surface area contributed by atoms with Crippen molar-refractivity contribution in [2.75, 3.05) is 0 Å². The lowest BCUT2D eigenvalue weighted by molar-refractivity contribution is -0.174. The van der Waals surface area contributed by atoms with Gasteiger partial charge < -0.3 is 0 Å². The molecular formula is C3H2Br2F4. The molecule has 0 aliphatic carbocycles. The third-order valence-electron chi connectivity index (χ3n) is 0.534. The molecule has 0 aromatic carbocycles. The highest BCUT2D eigenvalue weighted by Gasteiger charge is 2.43. The molecule has 0 amide bonds. The van der Waals surface area contributed by atoms with E-state index in [0.29, 0.717) is 0 Å². The zero-order valence-electron chi connectivity index (χ0n) is 3.92. The third-order valence-corrected chi connectivity index (χ3v) is 1.46. The van der Waals surface area contributed by atoms with Crippen molar-refractivity contribution in [3.63, 3.8) is 0 Å². The van der Waals surface area contributed by atoms with Gasteiger partial charge in [-0.05, 0) is 0 Å². The molecule has 0 saturated heterocycles. The van der Waals surface area contributed by atoms with Gasteiger partial charge >= 0.3 is 6.18 Å². The van der Waals surface area contributed by atoms with Gasteiger partial charge in [0.1, 0.15) is 3.74 Å². The predicted molar refractivity (Wildman–Crippen MR) is 32.6 cm³/mol. The van der Waals surface area contributed by atoms with Crippen LogP contribution in [0.2, 0.25) is 0 Å². The minimum atomic E-state index is -4.78. The molecule has 0 heterocycles. The average Bonchev–Trinajstić information content (AvgIpc) is 1.62. The van der Waals surface area contributed by atoms with Gasteiger partial charge in [-0.15, -0.1) is 0 Å². The Morgan fingerprint density at radius 1 is 1.11 bits per heavy atom. The van der Waals surface area contributed by atoms with Gasteiger partial charge in [-0.25, -0.2) is 4.39 Å². The van der Waals surface area contributed by atoms with Crippen molar-refractivity contribution in [3.8, 4) is 0 Å². The van der Waals surface area contributed by atoms with Crippen LogP contribution in [0.5, 0.6) is 0 Å². The second-order valence-corrected chi connectivity index (χ2v) is 4.48. The maximum absolute atomic E-state index is 11.8. The molecular weight excluding hydrogens is 272 g/mol. The van der Waals surface area contributed by atoms with Crippen LogP contribution in [0.1, 0.15) is 0 Å². The average molecular weight is 274 g/mol. The Morgan fingerprint density at radius 2 is 1.44 bits per heavy atom. The summed E-state index contributed by atoms with van der Waals surface area (Å²) in [5.74, 6) is 0. The number of hydrogen-bond acceptors (Lipinski definition) is 0. The number of halogens is 6. The Balaban J connectivity index is 3.88. The van der Waals surface area contributed by atoms with E-state index < -0.39 is 16.1 Å². The molecule has 1 unspecified atom stereocenters. The maximum Gasteiger partial charge on any atom is 0.421 e. The molecule has 1 atom stereocenters. The van der Waals surface area contributed by atoms with Crippen LogP contribution in [0.15, 0.2) is 0 Å². The van der Waals surface area contributed by atoms with Crippen molar-refractivity contribution in [1.82, 2.24) is 0 Å². The molecule has 0 aromatic heterocycles. The van der Waals surface area contributed by atoms with Gasteiger partial charge in [-0.2, -0.15) is 13.2 Å². The SMILES string of the molecule is FC(C(Br)Br)C(F)(F)F. The standard InChI is InChI=1S/C3H2Br2F4/c4-2(5)1(6)3(7,8)9/h1-2H. The topological polar surface area (TPSA) is 0 Å². The smallest absolute Gasteiger partial charge is 0.235 e. The van der Waals surface area contributed by atoms with Crippen molar-refractivity contribution < 1.29 is 17.6 Å². The second-order valence-electron chi connectivity index (χ2n) is 1.28. The van der Waals surface area contributed by atoms with E-state index in [0.717, 1.165) is 0 Å². The number of hydrogen-bond donors (Lipinski definition) is 0. The normalized spacial score (nSPS) is 16.3. The van der Waals surface area contributed by atoms with Crippen molar-refractivity contribution in [2.24, 2.45) is 0 Å². The predicted octanol–water partition coefficient (Wildman–Crippen LogP) is 3.00. The van der Waals surface area contributed by atoms with Crippen molar-refractivity contribution >= 4 is 31.9 Å². The zero-order chi connectivity index (χ0) is 7.65. The van der Waals surface area contributed by atoms with E-state index in [2.05, 4.69) is 31.9 Å². The minimum Gasteiger partial charge on any atom is -0.235 e. The summed E-state index contributed by atoms with van der Waals surface area (Å²) in [7, 11) is 0. The van der Waals surface area contributed by atoms with E-state index in [9.17, 15) is 17.6 Å². The Labute approximate surface area is 65.9 Å². The first-order chi connectivity index (χ1) is 3.85. The van der Waals surface area contributed by atoms with E-state index in [-0.39, 0.29) is 0 Å². The molecule has 0 aromatic rings. The van der Waals surface area contributed by atoms with Crippen LogP contribution in [0.3, 0.4) is 0 Å². The lowest BCUT2D eigenvalue weighted by atomic mass is 10.4. The summed E-state index contributed by atoms with van der Waals surface area (Å²) < 4.78 is 44.3. The summed E-state index contributed by atoms with van der Waals surface area (Å²) in [5.41, 5.74) is 0. The fourth-order valence-electron chi connectivity index (χ4n) is 0.143. The fraction of sp³-hybridized carbons (Fsp3) is 1.00. The first-order valence-corrected chi connectivity index (χ1v) is 3.67. The molecule has 9 heavy (non-hydrogen) atoms. The Morgan fingerprint density at radius 3 is 1.44 bits per heavy atom. The lowest BCUT2D eigenvalue weighted by Gasteiger charge is -2.12. The molecule has 0 nitrogen and oxygen atoms in total. The summed E-state index contributed by atoms with van der Waals surface area (Å²) in [6.45, 7) is 0. The number of rotatable bonds is 1. The first-order valence-electron chi connectivity index (χ1n) is 1.84. The summed E-state index contributed by atoms with van der Waals surface area (Å²) in [4.78, 5) is 0. The van der Waals surface area contributed by atoms with E-state index in [1.165, 1.54) is 0 Å². The number of alkyl halides is 6. The van der Waals surface area contributed by atoms with E-state index in [4.69, 9.17) is 0 Å². The lowest BCUT2D eigenvalue weighted by Crippen LogP contribution is -2.29. The molecule has 0 radical (unpaired) electrons. The van der Waals surface area contributed by atoms with Crippen LogP contribution in [-0.2, 0) is 0 Å². The molecule has 0 aliphatic heterocycles. The van der Waals surface area contributed by atoms with Gasteiger partial charge in [0.05, 0.1) is 0 Å². The van der Waals surface area contributed by atoms with Gasteiger partial charge in [0, 0.05) is 0 Å². The summed E-state index contributed by atoms with van der Waals surface area (Å²) in [6.07, 6.45) is -7.63. The molecule has 56 valence electrons. The summed E-state index contributed by atoms with van der Waals surface area (Å²) in [5, 5.41) is 0. The molecule has 0 rings (SSSR count). The Kier molecular flexibility index (Phi) is 3.42. The van der Waals surface area contributed by atoms with E-state index >= 15 is 0 Å². The minimum absolute atomic E-state index is 1.36. The quantitative estimate of drug-likeness (QED) is 0.509. The van der Waals surface area contributed by atoms with Crippen LogP contribution in [0.25, 0.3) is 0 Å².